The van der Waals surface area contributed by atoms with Crippen LogP contribution in [0.25, 0.3) is 0 Å². The largest absolute Gasteiger partial charge is 0.329 e. The molecule has 1 atom stereocenters. The van der Waals surface area contributed by atoms with Gasteiger partial charge in [-0.15, -0.1) is 12.4 Å². The normalized spacial score (nSPS) is 17.2. The average Bonchev–Trinajstić information content (AvgIpc) is 3.07. The molecule has 0 aliphatic heterocycles. The first-order valence-electron chi connectivity index (χ1n) is 8.09. The fourth-order valence-corrected chi connectivity index (χ4v) is 5.40. The molecule has 1 fully saturated rings. The maximum Gasteiger partial charge on any atom is 0.240 e. The van der Waals surface area contributed by atoms with Crippen molar-refractivity contribution in [2.24, 2.45) is 11.7 Å². The van der Waals surface area contributed by atoms with Gasteiger partial charge in [0.05, 0.1) is 10.6 Å². The van der Waals surface area contributed by atoms with Crippen LogP contribution in [-0.4, -0.2) is 41.7 Å². The number of sulfonamides is 2. The molecule has 1 aromatic carbocycles. The van der Waals surface area contributed by atoms with Crippen molar-refractivity contribution >= 4 is 32.5 Å². The van der Waals surface area contributed by atoms with Crippen molar-refractivity contribution in [1.82, 2.24) is 9.44 Å². The summed E-state index contributed by atoms with van der Waals surface area (Å²) in [4.78, 5) is 0.112. The van der Waals surface area contributed by atoms with Crippen LogP contribution in [0.2, 0.25) is 0 Å². The van der Waals surface area contributed by atoms with Crippen molar-refractivity contribution < 1.29 is 16.8 Å². The molecule has 25 heavy (non-hydrogen) atoms. The minimum atomic E-state index is -3.70. The molecule has 0 spiro atoms. The quantitative estimate of drug-likeness (QED) is 0.556. The van der Waals surface area contributed by atoms with Gasteiger partial charge in [-0.2, -0.15) is 0 Å². The maximum atomic E-state index is 12.2. The SMILES string of the molecule is Cl.NCC(NS(=O)(=O)CCNS(=O)(=O)c1ccccc1)C1CCCC1. The number of hydrogen-bond acceptors (Lipinski definition) is 5. The van der Waals surface area contributed by atoms with Crippen LogP contribution in [0.5, 0.6) is 0 Å². The van der Waals surface area contributed by atoms with E-state index in [9.17, 15) is 16.8 Å². The highest BCUT2D eigenvalue weighted by atomic mass is 35.5. The summed E-state index contributed by atoms with van der Waals surface area (Å²) in [5.41, 5.74) is 5.70. The Morgan fingerprint density at radius 2 is 1.68 bits per heavy atom. The van der Waals surface area contributed by atoms with Crippen LogP contribution < -0.4 is 15.2 Å². The standard InChI is InChI=1S/C15H25N3O4S2.ClH/c16-12-15(13-6-4-5-7-13)18-23(19,20)11-10-17-24(21,22)14-8-2-1-3-9-14;/h1-3,8-9,13,15,17-18H,4-7,10-12,16H2;1H. The molecule has 0 saturated heterocycles. The number of nitrogens with two attached hydrogens (primary N) is 1. The van der Waals surface area contributed by atoms with Gasteiger partial charge >= 0.3 is 0 Å². The first-order valence-corrected chi connectivity index (χ1v) is 11.2. The third-order valence-electron chi connectivity index (χ3n) is 4.27. The molecule has 4 N–H and O–H groups in total. The zero-order valence-electron chi connectivity index (χ0n) is 13.9. The first-order chi connectivity index (χ1) is 11.3. The maximum absolute atomic E-state index is 12.2. The van der Waals surface area contributed by atoms with E-state index in [0.29, 0.717) is 0 Å². The summed E-state index contributed by atoms with van der Waals surface area (Å²) in [6.07, 6.45) is 4.15. The van der Waals surface area contributed by atoms with E-state index in [4.69, 9.17) is 5.73 Å². The smallest absolute Gasteiger partial charge is 0.240 e. The molecular weight excluding hydrogens is 386 g/mol. The Kier molecular flexibility index (Phi) is 8.79. The second kappa shape index (κ2) is 9.84. The fourth-order valence-electron chi connectivity index (χ4n) is 2.98. The topological polar surface area (TPSA) is 118 Å². The number of benzene rings is 1. The predicted octanol–water partition coefficient (Wildman–Crippen LogP) is 0.824. The molecule has 0 aromatic heterocycles. The Morgan fingerprint density at radius 1 is 1.08 bits per heavy atom. The highest BCUT2D eigenvalue weighted by Gasteiger charge is 2.27. The van der Waals surface area contributed by atoms with Gasteiger partial charge < -0.3 is 5.73 Å². The molecule has 1 aliphatic carbocycles. The van der Waals surface area contributed by atoms with Crippen molar-refractivity contribution in [2.45, 2.75) is 36.6 Å². The summed E-state index contributed by atoms with van der Waals surface area (Å²) in [6.45, 7) is 0.0636. The molecule has 0 radical (unpaired) electrons. The van der Waals surface area contributed by atoms with Crippen molar-refractivity contribution in [3.05, 3.63) is 30.3 Å². The molecule has 10 heteroatoms. The Morgan fingerprint density at radius 3 is 2.24 bits per heavy atom. The van der Waals surface area contributed by atoms with Crippen molar-refractivity contribution in [2.75, 3.05) is 18.8 Å². The van der Waals surface area contributed by atoms with Gasteiger partial charge in [0.2, 0.25) is 20.0 Å². The average molecular weight is 412 g/mol. The second-order valence-corrected chi connectivity index (χ2v) is 9.67. The van der Waals surface area contributed by atoms with Gasteiger partial charge in [0, 0.05) is 19.1 Å². The lowest BCUT2D eigenvalue weighted by atomic mass is 9.99. The van der Waals surface area contributed by atoms with Gasteiger partial charge in [0.25, 0.3) is 0 Å². The van der Waals surface area contributed by atoms with E-state index in [1.54, 1.807) is 18.2 Å². The highest BCUT2D eigenvalue weighted by molar-refractivity contribution is 7.90. The summed E-state index contributed by atoms with van der Waals surface area (Å²) in [6, 6.07) is 7.58. The molecule has 1 aromatic rings. The lowest BCUT2D eigenvalue weighted by molar-refractivity contribution is 0.405. The molecule has 0 heterocycles. The zero-order chi connectivity index (χ0) is 17.6. The van der Waals surface area contributed by atoms with E-state index in [2.05, 4.69) is 9.44 Å². The van der Waals surface area contributed by atoms with Gasteiger partial charge in [0.1, 0.15) is 0 Å². The van der Waals surface area contributed by atoms with E-state index < -0.39 is 20.0 Å². The summed E-state index contributed by atoms with van der Waals surface area (Å²) in [7, 11) is -7.29. The first kappa shape index (κ1) is 22.3. The molecule has 7 nitrogen and oxygen atoms in total. The molecule has 0 amide bonds. The Bertz CT molecular complexity index is 720. The van der Waals surface area contributed by atoms with E-state index >= 15 is 0 Å². The monoisotopic (exact) mass is 411 g/mol. The van der Waals surface area contributed by atoms with Crippen LogP contribution in [0.15, 0.2) is 35.2 Å². The summed E-state index contributed by atoms with van der Waals surface area (Å²) >= 11 is 0. The van der Waals surface area contributed by atoms with Gasteiger partial charge in [-0.1, -0.05) is 31.0 Å². The molecule has 1 aliphatic rings. The van der Waals surface area contributed by atoms with E-state index in [-0.39, 0.29) is 48.1 Å². The zero-order valence-corrected chi connectivity index (χ0v) is 16.4. The Balaban J connectivity index is 0.00000312. The minimum Gasteiger partial charge on any atom is -0.329 e. The van der Waals surface area contributed by atoms with Crippen molar-refractivity contribution in [3.63, 3.8) is 0 Å². The molecular formula is C15H26ClN3O4S2. The molecule has 144 valence electrons. The number of nitrogens with one attached hydrogen (secondary N) is 2. The molecule has 1 saturated carbocycles. The lowest BCUT2D eigenvalue weighted by Gasteiger charge is -2.23. The van der Waals surface area contributed by atoms with Gasteiger partial charge in [-0.05, 0) is 30.9 Å². The van der Waals surface area contributed by atoms with Crippen LogP contribution in [-0.2, 0) is 20.0 Å². The highest BCUT2D eigenvalue weighted by Crippen LogP contribution is 2.27. The summed E-state index contributed by atoms with van der Waals surface area (Å²) in [5, 5.41) is 0. The van der Waals surface area contributed by atoms with E-state index in [0.717, 1.165) is 25.7 Å². The van der Waals surface area contributed by atoms with Crippen molar-refractivity contribution in [3.8, 4) is 0 Å². The van der Waals surface area contributed by atoms with Crippen LogP contribution >= 0.6 is 12.4 Å². The number of rotatable bonds is 9. The number of halogens is 1. The van der Waals surface area contributed by atoms with Crippen LogP contribution in [0.4, 0.5) is 0 Å². The molecule has 0 bridgehead atoms. The second-order valence-electron chi connectivity index (χ2n) is 6.03. The number of hydrogen-bond donors (Lipinski definition) is 3. The Labute approximate surface area is 156 Å². The van der Waals surface area contributed by atoms with E-state index in [1.807, 2.05) is 0 Å². The van der Waals surface area contributed by atoms with Gasteiger partial charge in [-0.3, -0.25) is 0 Å². The fraction of sp³-hybridized carbons (Fsp3) is 0.600. The molecule has 2 rings (SSSR count). The summed E-state index contributed by atoms with van der Waals surface area (Å²) in [5.74, 6) is -0.0479. The predicted molar refractivity (Wildman–Crippen MR) is 101 cm³/mol. The van der Waals surface area contributed by atoms with Gasteiger partial charge in [0.15, 0.2) is 0 Å². The van der Waals surface area contributed by atoms with Crippen molar-refractivity contribution in [1.29, 1.82) is 0 Å². The van der Waals surface area contributed by atoms with E-state index in [1.165, 1.54) is 12.1 Å². The third kappa shape index (κ3) is 6.84. The molecule has 1 unspecified atom stereocenters. The Hall–Kier alpha value is -0.710. The third-order valence-corrected chi connectivity index (χ3v) is 7.15. The van der Waals surface area contributed by atoms with Crippen LogP contribution in [0.1, 0.15) is 25.7 Å². The van der Waals surface area contributed by atoms with Gasteiger partial charge in [-0.25, -0.2) is 26.3 Å². The summed E-state index contributed by atoms with van der Waals surface area (Å²) < 4.78 is 53.4. The van der Waals surface area contributed by atoms with Crippen LogP contribution in [0.3, 0.4) is 0 Å². The van der Waals surface area contributed by atoms with Crippen LogP contribution in [0, 0.1) is 5.92 Å². The lowest BCUT2D eigenvalue weighted by Crippen LogP contribution is -2.46. The minimum absolute atomic E-state index is 0.